The predicted molar refractivity (Wildman–Crippen MR) is 251 cm³/mol. The number of nitrogens with zero attached hydrogens (tertiary/aromatic N) is 2. The van der Waals surface area contributed by atoms with E-state index in [1.807, 2.05) is 0 Å². The summed E-state index contributed by atoms with van der Waals surface area (Å²) in [6.45, 7) is 2.17. The number of hydrogen-bond donors (Lipinski definition) is 0. The van der Waals surface area contributed by atoms with E-state index in [2.05, 4.69) is 229 Å². The molecule has 2 heteroatoms. The van der Waals surface area contributed by atoms with Crippen LogP contribution in [0.4, 0.5) is 34.1 Å². The molecule has 10 aromatic carbocycles. The minimum absolute atomic E-state index is 0.539. The molecule has 0 amide bonds. The SMILES string of the molecule is Cc1cccc(N(c2ccccc2)c2ccc3cc4c(cc3c2)C23c5ccccc5-c5cc(ccc52)-c2cccc(c2)N(c2ccccc2)c2cc3c-4c3ccccc23)c1. The number of aryl methyl sites for hydroxylation is 1. The Morgan fingerprint density at radius 2 is 1.08 bits per heavy atom. The second kappa shape index (κ2) is 12.4. The van der Waals surface area contributed by atoms with Crippen LogP contribution in [-0.2, 0) is 5.41 Å². The van der Waals surface area contributed by atoms with E-state index in [1.54, 1.807) is 0 Å². The average Bonchev–Trinajstić information content (AvgIpc) is 3.75. The average molecular weight is 763 g/mol. The Kier molecular flexibility index (Phi) is 6.89. The first kappa shape index (κ1) is 33.3. The molecule has 60 heavy (non-hydrogen) atoms. The van der Waals surface area contributed by atoms with Crippen LogP contribution < -0.4 is 9.80 Å². The molecule has 0 N–H and O–H groups in total. The topological polar surface area (TPSA) is 6.48 Å². The molecule has 2 heterocycles. The van der Waals surface area contributed by atoms with Gasteiger partial charge in [0.05, 0.1) is 11.1 Å². The van der Waals surface area contributed by atoms with Gasteiger partial charge in [-0.05, 0) is 169 Å². The fourth-order valence-corrected chi connectivity index (χ4v) is 10.9. The summed E-state index contributed by atoms with van der Waals surface area (Å²) in [5.74, 6) is 0. The molecule has 1 unspecified atom stereocenters. The van der Waals surface area contributed by atoms with E-state index in [4.69, 9.17) is 0 Å². The summed E-state index contributed by atoms with van der Waals surface area (Å²) in [5.41, 5.74) is 20.6. The van der Waals surface area contributed by atoms with Crippen molar-refractivity contribution >= 4 is 55.7 Å². The highest BCUT2D eigenvalue weighted by Crippen LogP contribution is 2.66. The van der Waals surface area contributed by atoms with E-state index in [0.29, 0.717) is 0 Å². The minimum atomic E-state index is -0.539. The summed E-state index contributed by atoms with van der Waals surface area (Å²) in [5, 5.41) is 4.96. The van der Waals surface area contributed by atoms with Crippen LogP contribution >= 0.6 is 0 Å². The third kappa shape index (κ3) is 4.53. The quantitative estimate of drug-likeness (QED) is 0.176. The Morgan fingerprint density at radius 3 is 1.95 bits per heavy atom. The Bertz CT molecular complexity index is 3400. The van der Waals surface area contributed by atoms with Crippen molar-refractivity contribution in [3.05, 3.63) is 240 Å². The van der Waals surface area contributed by atoms with Crippen LogP contribution in [0, 0.1) is 6.92 Å². The van der Waals surface area contributed by atoms with Crippen LogP contribution in [-0.4, -0.2) is 0 Å². The molecular weight excluding hydrogens is 725 g/mol. The van der Waals surface area contributed by atoms with Crippen molar-refractivity contribution < 1.29 is 0 Å². The lowest BCUT2D eigenvalue weighted by Crippen LogP contribution is -2.26. The third-order valence-electron chi connectivity index (χ3n) is 13.3. The highest BCUT2D eigenvalue weighted by Gasteiger charge is 2.53. The smallest absolute Gasteiger partial charge is 0.0726 e. The van der Waals surface area contributed by atoms with Gasteiger partial charge in [0.2, 0.25) is 0 Å². The van der Waals surface area contributed by atoms with Crippen LogP contribution in [0.3, 0.4) is 0 Å². The maximum Gasteiger partial charge on any atom is 0.0726 e. The first-order valence-electron chi connectivity index (χ1n) is 20.9. The van der Waals surface area contributed by atoms with Crippen molar-refractivity contribution in [2.75, 3.05) is 9.80 Å². The third-order valence-corrected chi connectivity index (χ3v) is 13.3. The van der Waals surface area contributed by atoms with Gasteiger partial charge < -0.3 is 9.80 Å². The van der Waals surface area contributed by atoms with Gasteiger partial charge >= 0.3 is 0 Å². The lowest BCUT2D eigenvalue weighted by atomic mass is 9.70. The second-order valence-electron chi connectivity index (χ2n) is 16.6. The normalized spacial score (nSPS) is 15.1. The van der Waals surface area contributed by atoms with Crippen molar-refractivity contribution in [3.8, 4) is 33.4 Å². The Morgan fingerprint density at radius 1 is 0.383 bits per heavy atom. The Labute approximate surface area is 349 Å². The molecule has 2 aliphatic heterocycles. The monoisotopic (exact) mass is 762 g/mol. The maximum absolute atomic E-state index is 2.55. The second-order valence-corrected chi connectivity index (χ2v) is 16.6. The first-order valence-corrected chi connectivity index (χ1v) is 20.9. The van der Waals surface area contributed by atoms with Gasteiger partial charge in [-0.1, -0.05) is 127 Å². The fraction of sp³-hybridized carbons (Fsp3) is 0.0345. The largest absolute Gasteiger partial charge is 0.310 e. The summed E-state index contributed by atoms with van der Waals surface area (Å²) in [6.07, 6.45) is 0. The summed E-state index contributed by atoms with van der Waals surface area (Å²) < 4.78 is 0. The molecule has 1 spiro atoms. The molecule has 14 rings (SSSR count). The van der Waals surface area contributed by atoms with Gasteiger partial charge in [-0.15, -0.1) is 0 Å². The molecule has 0 radical (unpaired) electrons. The van der Waals surface area contributed by atoms with Gasteiger partial charge in [-0.25, -0.2) is 0 Å². The van der Waals surface area contributed by atoms with Gasteiger partial charge in [-0.3, -0.25) is 0 Å². The minimum Gasteiger partial charge on any atom is -0.310 e. The van der Waals surface area contributed by atoms with Gasteiger partial charge in [0, 0.05) is 33.8 Å². The molecule has 2 nitrogen and oxygen atoms in total. The Hall–Kier alpha value is -7.68. The molecule has 0 saturated heterocycles. The summed E-state index contributed by atoms with van der Waals surface area (Å²) in [7, 11) is 0. The molecule has 2 aliphatic carbocycles. The number of rotatable bonds is 4. The van der Waals surface area contributed by atoms with Gasteiger partial charge in [0.15, 0.2) is 0 Å². The van der Waals surface area contributed by atoms with E-state index in [9.17, 15) is 0 Å². The highest BCUT2D eigenvalue weighted by atomic mass is 15.1. The molecule has 1 atom stereocenters. The van der Waals surface area contributed by atoms with Crippen molar-refractivity contribution in [3.63, 3.8) is 0 Å². The van der Waals surface area contributed by atoms with Crippen LogP contribution in [0.2, 0.25) is 0 Å². The lowest BCUT2D eigenvalue weighted by Gasteiger charge is -2.33. The maximum atomic E-state index is 2.55. The van der Waals surface area contributed by atoms with Crippen LogP contribution in [0.15, 0.2) is 212 Å². The zero-order valence-corrected chi connectivity index (χ0v) is 33.1. The Balaban J connectivity index is 1.16. The van der Waals surface area contributed by atoms with Crippen LogP contribution in [0.1, 0.15) is 27.8 Å². The van der Waals surface area contributed by atoms with Gasteiger partial charge in [0.1, 0.15) is 0 Å². The molecule has 8 bridgehead atoms. The summed E-state index contributed by atoms with van der Waals surface area (Å²) >= 11 is 0. The highest BCUT2D eigenvalue weighted by molar-refractivity contribution is 6.14. The van der Waals surface area contributed by atoms with E-state index >= 15 is 0 Å². The van der Waals surface area contributed by atoms with Crippen molar-refractivity contribution in [2.45, 2.75) is 12.3 Å². The van der Waals surface area contributed by atoms with E-state index < -0.39 is 5.41 Å². The van der Waals surface area contributed by atoms with Crippen molar-refractivity contribution in [2.24, 2.45) is 0 Å². The molecule has 4 aliphatic rings. The predicted octanol–water partition coefficient (Wildman–Crippen LogP) is 15.6. The standard InChI is InChI=1S/C58H38N2/c1-37-14-12-20-44(30-37)59(42-16-4-2-5-17-42)46-28-26-40-34-51-54(35-41(40)32-46)58-52-25-11-10-22-47(52)50-33-39(27-29-53(50)58)38-15-13-21-45(31-38)60(43-18-6-3-7-19-43)56-36-55(58)57(51)49-24-9-8-23-48(49)56/h2-36H,1H3. The van der Waals surface area contributed by atoms with Gasteiger partial charge in [0.25, 0.3) is 0 Å². The van der Waals surface area contributed by atoms with Crippen molar-refractivity contribution in [1.82, 2.24) is 0 Å². The van der Waals surface area contributed by atoms with Crippen LogP contribution in [0.5, 0.6) is 0 Å². The van der Waals surface area contributed by atoms with E-state index in [1.165, 1.54) is 88.4 Å². The van der Waals surface area contributed by atoms with E-state index in [0.717, 1.165) is 28.4 Å². The molecule has 10 aromatic rings. The lowest BCUT2D eigenvalue weighted by molar-refractivity contribution is 0.795. The number of hydrogen-bond acceptors (Lipinski definition) is 2. The molecule has 0 fully saturated rings. The zero-order chi connectivity index (χ0) is 39.5. The summed E-state index contributed by atoms with van der Waals surface area (Å²) in [6, 6.07) is 79.6. The number of para-hydroxylation sites is 2. The van der Waals surface area contributed by atoms with Crippen molar-refractivity contribution in [1.29, 1.82) is 0 Å². The van der Waals surface area contributed by atoms with Gasteiger partial charge in [-0.2, -0.15) is 0 Å². The number of benzene rings is 10. The zero-order valence-electron chi connectivity index (χ0n) is 33.1. The number of anilines is 6. The van der Waals surface area contributed by atoms with E-state index in [-0.39, 0.29) is 0 Å². The first-order chi connectivity index (χ1) is 29.6. The fourth-order valence-electron chi connectivity index (χ4n) is 10.9. The number of fused-ring (bicyclic) bond motifs is 7. The molecule has 0 saturated carbocycles. The van der Waals surface area contributed by atoms with Crippen LogP contribution in [0.25, 0.3) is 54.9 Å². The molecule has 280 valence electrons. The molecular formula is C58H38N2. The molecule has 0 aromatic heterocycles. The summed E-state index contributed by atoms with van der Waals surface area (Å²) in [4.78, 5) is 4.86.